The lowest BCUT2D eigenvalue weighted by molar-refractivity contribution is -0.00401. The monoisotopic (exact) mass is 387 g/mol. The van der Waals surface area contributed by atoms with Gasteiger partial charge >= 0.3 is 0 Å². The topological polar surface area (TPSA) is 76.6 Å². The smallest absolute Gasteiger partial charge is 0.255 e. The number of carbonyl (C=O) groups excluding carboxylic acids is 1. The minimum atomic E-state index is -0.880. The van der Waals surface area contributed by atoms with Crippen molar-refractivity contribution in [3.8, 4) is 0 Å². The summed E-state index contributed by atoms with van der Waals surface area (Å²) in [7, 11) is 1.93. The van der Waals surface area contributed by atoms with Gasteiger partial charge in [-0.05, 0) is 50.1 Å². The van der Waals surface area contributed by atoms with Gasteiger partial charge < -0.3 is 15.0 Å². The van der Waals surface area contributed by atoms with Crippen LogP contribution in [0.3, 0.4) is 0 Å². The molecule has 0 radical (unpaired) electrons. The van der Waals surface area contributed by atoms with Crippen molar-refractivity contribution < 1.29 is 14.3 Å². The van der Waals surface area contributed by atoms with Crippen LogP contribution in [0.2, 0.25) is 0 Å². The first kappa shape index (κ1) is 20.2. The Hall–Kier alpha value is -2.51. The van der Waals surface area contributed by atoms with Gasteiger partial charge in [0, 0.05) is 38.4 Å². The third-order valence-corrected chi connectivity index (χ3v) is 5.17. The van der Waals surface area contributed by atoms with Crippen LogP contribution in [0, 0.1) is 5.82 Å². The van der Waals surface area contributed by atoms with Gasteiger partial charge in [0.2, 0.25) is 5.56 Å². The molecular weight excluding hydrogens is 361 g/mol. The molecule has 1 atom stereocenters. The molecule has 2 aromatic rings. The van der Waals surface area contributed by atoms with E-state index in [1.807, 2.05) is 11.9 Å². The minimum Gasteiger partial charge on any atom is -0.388 e. The summed E-state index contributed by atoms with van der Waals surface area (Å²) in [5.41, 5.74) is 0.301. The third kappa shape index (κ3) is 5.27. The van der Waals surface area contributed by atoms with Crippen molar-refractivity contribution in [2.45, 2.75) is 31.4 Å². The molecule has 2 heterocycles. The normalized spacial score (nSPS) is 20.2. The number of aromatic amines is 1. The number of aliphatic hydroxyl groups is 1. The maximum atomic E-state index is 13.0. The Bertz CT molecular complexity index is 847. The summed E-state index contributed by atoms with van der Waals surface area (Å²) in [6.45, 7) is 2.12. The third-order valence-electron chi connectivity index (χ3n) is 5.17. The SMILES string of the molecule is CN(Cc1ccc(F)cc1)C[C@@]1(O)CCCN(C(=O)c2ccc(=O)[nH]c2)CC1. The molecule has 1 amide bonds. The molecule has 2 N–H and O–H groups in total. The van der Waals surface area contributed by atoms with E-state index in [9.17, 15) is 19.1 Å². The molecule has 6 nitrogen and oxygen atoms in total. The predicted octanol–water partition coefficient (Wildman–Crippen LogP) is 2.00. The number of rotatable bonds is 5. The van der Waals surface area contributed by atoms with E-state index in [-0.39, 0.29) is 17.3 Å². The average Bonchev–Trinajstić information content (AvgIpc) is 2.85. The van der Waals surface area contributed by atoms with Crippen molar-refractivity contribution in [2.24, 2.45) is 0 Å². The number of likely N-dealkylation sites (N-methyl/N-ethyl adjacent to an activating group) is 1. The average molecular weight is 387 g/mol. The van der Waals surface area contributed by atoms with Crippen LogP contribution >= 0.6 is 0 Å². The van der Waals surface area contributed by atoms with E-state index < -0.39 is 5.60 Å². The van der Waals surface area contributed by atoms with E-state index in [4.69, 9.17) is 0 Å². The summed E-state index contributed by atoms with van der Waals surface area (Å²) in [6.07, 6.45) is 3.22. The molecule has 0 bridgehead atoms. The lowest BCUT2D eigenvalue weighted by Gasteiger charge is -2.31. The quantitative estimate of drug-likeness (QED) is 0.823. The van der Waals surface area contributed by atoms with E-state index in [1.165, 1.54) is 30.5 Å². The zero-order chi connectivity index (χ0) is 20.1. The van der Waals surface area contributed by atoms with Crippen molar-refractivity contribution >= 4 is 5.91 Å². The van der Waals surface area contributed by atoms with E-state index in [0.29, 0.717) is 51.0 Å². The van der Waals surface area contributed by atoms with Crippen LogP contribution in [-0.2, 0) is 6.54 Å². The van der Waals surface area contributed by atoms with Gasteiger partial charge in [-0.15, -0.1) is 0 Å². The van der Waals surface area contributed by atoms with Gasteiger partial charge in [0.25, 0.3) is 5.91 Å². The van der Waals surface area contributed by atoms with Crippen molar-refractivity contribution in [2.75, 3.05) is 26.7 Å². The van der Waals surface area contributed by atoms with Crippen molar-refractivity contribution in [3.63, 3.8) is 0 Å². The molecule has 0 spiro atoms. The van der Waals surface area contributed by atoms with Gasteiger partial charge in [-0.3, -0.25) is 14.5 Å². The molecule has 7 heteroatoms. The lowest BCUT2D eigenvalue weighted by Crippen LogP contribution is -2.42. The molecule has 1 aliphatic heterocycles. The molecule has 1 aliphatic rings. The molecule has 1 aromatic heterocycles. The number of nitrogens with zero attached hydrogens (tertiary/aromatic N) is 2. The second-order valence-electron chi connectivity index (χ2n) is 7.61. The number of H-pyrrole nitrogens is 1. The Morgan fingerprint density at radius 2 is 1.96 bits per heavy atom. The first-order chi connectivity index (χ1) is 13.3. The van der Waals surface area contributed by atoms with Crippen LogP contribution in [0.4, 0.5) is 4.39 Å². The van der Waals surface area contributed by atoms with Gasteiger partial charge in [-0.2, -0.15) is 0 Å². The van der Waals surface area contributed by atoms with Gasteiger partial charge in [0.15, 0.2) is 0 Å². The zero-order valence-corrected chi connectivity index (χ0v) is 16.0. The number of hydrogen-bond acceptors (Lipinski definition) is 4. The highest BCUT2D eigenvalue weighted by molar-refractivity contribution is 5.93. The molecule has 0 unspecified atom stereocenters. The van der Waals surface area contributed by atoms with Gasteiger partial charge in [-0.1, -0.05) is 12.1 Å². The van der Waals surface area contributed by atoms with Crippen LogP contribution in [0.15, 0.2) is 47.4 Å². The van der Waals surface area contributed by atoms with Crippen LogP contribution < -0.4 is 5.56 Å². The Balaban J connectivity index is 1.58. The van der Waals surface area contributed by atoms with Crippen LogP contribution in [0.25, 0.3) is 0 Å². The standard InChI is InChI=1S/C21H26FN3O3/c1-24(14-16-3-6-18(22)7-4-16)15-21(28)9-2-11-25(12-10-21)20(27)17-5-8-19(26)23-13-17/h3-8,13,28H,2,9-12,14-15H2,1H3,(H,23,26)/t21-/m1/s1. The van der Waals surface area contributed by atoms with Crippen LogP contribution in [0.1, 0.15) is 35.2 Å². The maximum Gasteiger partial charge on any atom is 0.255 e. The summed E-state index contributed by atoms with van der Waals surface area (Å²) in [4.78, 5) is 30.1. The highest BCUT2D eigenvalue weighted by atomic mass is 19.1. The lowest BCUT2D eigenvalue weighted by atomic mass is 9.94. The summed E-state index contributed by atoms with van der Waals surface area (Å²) >= 11 is 0. The fraction of sp³-hybridized carbons (Fsp3) is 0.429. The molecule has 1 fully saturated rings. The first-order valence-corrected chi connectivity index (χ1v) is 9.48. The highest BCUT2D eigenvalue weighted by Gasteiger charge is 2.32. The second-order valence-corrected chi connectivity index (χ2v) is 7.61. The number of nitrogens with one attached hydrogen (secondary N) is 1. The Morgan fingerprint density at radius 3 is 2.64 bits per heavy atom. The predicted molar refractivity (Wildman–Crippen MR) is 105 cm³/mol. The maximum absolute atomic E-state index is 13.0. The molecule has 0 aliphatic carbocycles. The van der Waals surface area contributed by atoms with E-state index in [2.05, 4.69) is 4.98 Å². The fourth-order valence-corrected chi connectivity index (χ4v) is 3.73. The molecular formula is C21H26FN3O3. The first-order valence-electron chi connectivity index (χ1n) is 9.48. The number of hydrogen-bond donors (Lipinski definition) is 2. The number of amides is 1. The molecule has 3 rings (SSSR count). The Morgan fingerprint density at radius 1 is 1.21 bits per heavy atom. The Labute approximate surface area is 163 Å². The number of halogens is 1. The zero-order valence-electron chi connectivity index (χ0n) is 16.0. The van der Waals surface area contributed by atoms with Gasteiger partial charge in [0.1, 0.15) is 5.82 Å². The van der Waals surface area contributed by atoms with Crippen molar-refractivity contribution in [3.05, 3.63) is 69.9 Å². The second kappa shape index (κ2) is 8.67. The number of likely N-dealkylation sites (tertiary alicyclic amines) is 1. The van der Waals surface area contributed by atoms with Crippen LogP contribution in [0.5, 0.6) is 0 Å². The van der Waals surface area contributed by atoms with E-state index in [0.717, 1.165) is 5.56 Å². The molecule has 0 saturated carbocycles. The van der Waals surface area contributed by atoms with E-state index >= 15 is 0 Å². The summed E-state index contributed by atoms with van der Waals surface area (Å²) in [5.74, 6) is -0.402. The molecule has 1 saturated heterocycles. The summed E-state index contributed by atoms with van der Waals surface area (Å²) in [5, 5.41) is 11.1. The largest absolute Gasteiger partial charge is 0.388 e. The van der Waals surface area contributed by atoms with Gasteiger partial charge in [0.05, 0.1) is 11.2 Å². The Kier molecular flexibility index (Phi) is 6.26. The van der Waals surface area contributed by atoms with Crippen molar-refractivity contribution in [1.29, 1.82) is 0 Å². The number of pyridine rings is 1. The minimum absolute atomic E-state index is 0.139. The molecule has 1 aromatic carbocycles. The van der Waals surface area contributed by atoms with Crippen molar-refractivity contribution in [1.82, 2.24) is 14.8 Å². The number of benzene rings is 1. The number of carbonyl (C=O) groups is 1. The number of aromatic nitrogens is 1. The molecule has 150 valence electrons. The van der Waals surface area contributed by atoms with Crippen LogP contribution in [-0.4, -0.2) is 58.1 Å². The summed E-state index contributed by atoms with van der Waals surface area (Å²) in [6, 6.07) is 9.22. The highest BCUT2D eigenvalue weighted by Crippen LogP contribution is 2.24. The summed E-state index contributed by atoms with van der Waals surface area (Å²) < 4.78 is 13.0. The van der Waals surface area contributed by atoms with Gasteiger partial charge in [-0.25, -0.2) is 4.39 Å². The fourth-order valence-electron chi connectivity index (χ4n) is 3.73. The van der Waals surface area contributed by atoms with E-state index in [1.54, 1.807) is 17.0 Å². The molecule has 28 heavy (non-hydrogen) atoms.